The highest BCUT2D eigenvalue weighted by Crippen LogP contribution is 2.29. The Kier molecular flexibility index (Phi) is 3.01. The predicted molar refractivity (Wildman–Crippen MR) is 77.0 cm³/mol. The van der Waals surface area contributed by atoms with E-state index in [9.17, 15) is 4.39 Å². The van der Waals surface area contributed by atoms with E-state index in [0.717, 1.165) is 14.9 Å². The minimum atomic E-state index is -0.285. The van der Waals surface area contributed by atoms with E-state index in [2.05, 4.69) is 26.2 Å². The van der Waals surface area contributed by atoms with Gasteiger partial charge in [0.2, 0.25) is 0 Å². The summed E-state index contributed by atoms with van der Waals surface area (Å²) in [6.45, 7) is 0. The molecule has 5 heteroatoms. The lowest BCUT2D eigenvalue weighted by atomic mass is 10.3. The van der Waals surface area contributed by atoms with Gasteiger partial charge >= 0.3 is 0 Å². The van der Waals surface area contributed by atoms with Crippen molar-refractivity contribution in [2.24, 2.45) is 0 Å². The molecule has 0 spiro atoms. The van der Waals surface area contributed by atoms with Gasteiger partial charge in [0.15, 0.2) is 5.13 Å². The SMILES string of the molecule is Fc1cccc2sc(Nc3ccc(Br)cc3)nc12. The molecule has 0 saturated heterocycles. The van der Waals surface area contributed by atoms with Gasteiger partial charge in [-0.3, -0.25) is 0 Å². The Hall–Kier alpha value is -1.46. The fraction of sp³-hybridized carbons (Fsp3) is 0. The first-order valence-electron chi connectivity index (χ1n) is 5.30. The molecule has 0 aliphatic carbocycles. The summed E-state index contributed by atoms with van der Waals surface area (Å²) in [7, 11) is 0. The first kappa shape index (κ1) is 11.6. The van der Waals surface area contributed by atoms with E-state index in [-0.39, 0.29) is 5.82 Å². The zero-order valence-electron chi connectivity index (χ0n) is 9.15. The lowest BCUT2D eigenvalue weighted by Crippen LogP contribution is -1.88. The zero-order valence-corrected chi connectivity index (χ0v) is 11.6. The summed E-state index contributed by atoms with van der Waals surface area (Å²) < 4.78 is 15.4. The fourth-order valence-corrected chi connectivity index (χ4v) is 2.79. The van der Waals surface area contributed by atoms with Crippen LogP contribution in [0, 0.1) is 5.82 Å². The minimum Gasteiger partial charge on any atom is -0.332 e. The third-order valence-corrected chi connectivity index (χ3v) is 3.93. The standard InChI is InChI=1S/C13H8BrFN2S/c14-8-4-6-9(7-5-8)16-13-17-12-10(15)2-1-3-11(12)18-13/h1-7H,(H,16,17). The third-order valence-electron chi connectivity index (χ3n) is 2.47. The highest BCUT2D eigenvalue weighted by atomic mass is 79.9. The number of fused-ring (bicyclic) bond motifs is 1. The molecule has 18 heavy (non-hydrogen) atoms. The van der Waals surface area contributed by atoms with Gasteiger partial charge in [-0.15, -0.1) is 0 Å². The molecular weight excluding hydrogens is 315 g/mol. The molecule has 3 aromatic rings. The van der Waals surface area contributed by atoms with Crippen molar-refractivity contribution in [1.82, 2.24) is 4.98 Å². The summed E-state index contributed by atoms with van der Waals surface area (Å²) in [4.78, 5) is 4.25. The van der Waals surface area contributed by atoms with Crippen LogP contribution in [0.25, 0.3) is 10.2 Å². The monoisotopic (exact) mass is 322 g/mol. The minimum absolute atomic E-state index is 0.285. The maximum absolute atomic E-state index is 13.5. The number of nitrogens with zero attached hydrogens (tertiary/aromatic N) is 1. The van der Waals surface area contributed by atoms with E-state index < -0.39 is 0 Å². The van der Waals surface area contributed by atoms with Crippen LogP contribution in [0.15, 0.2) is 46.9 Å². The van der Waals surface area contributed by atoms with Crippen LogP contribution in [-0.2, 0) is 0 Å². The lowest BCUT2D eigenvalue weighted by molar-refractivity contribution is 0.637. The maximum Gasteiger partial charge on any atom is 0.188 e. The second-order valence-corrected chi connectivity index (χ2v) is 5.68. The van der Waals surface area contributed by atoms with Crippen molar-refractivity contribution < 1.29 is 4.39 Å². The van der Waals surface area contributed by atoms with Crippen molar-refractivity contribution in [2.45, 2.75) is 0 Å². The molecule has 1 heterocycles. The Bertz CT molecular complexity index is 694. The number of nitrogens with one attached hydrogen (secondary N) is 1. The third kappa shape index (κ3) is 2.23. The van der Waals surface area contributed by atoms with Gasteiger partial charge in [0.1, 0.15) is 11.3 Å². The van der Waals surface area contributed by atoms with E-state index in [1.807, 2.05) is 30.3 Å². The van der Waals surface area contributed by atoms with Crippen molar-refractivity contribution in [2.75, 3.05) is 5.32 Å². The Balaban J connectivity index is 1.95. The van der Waals surface area contributed by atoms with Crippen molar-refractivity contribution in [1.29, 1.82) is 0 Å². The highest BCUT2D eigenvalue weighted by molar-refractivity contribution is 9.10. The summed E-state index contributed by atoms with van der Waals surface area (Å²) >= 11 is 4.81. The van der Waals surface area contributed by atoms with E-state index in [4.69, 9.17) is 0 Å². The van der Waals surface area contributed by atoms with Gasteiger partial charge in [-0.2, -0.15) is 0 Å². The molecule has 0 aliphatic heterocycles. The maximum atomic E-state index is 13.5. The van der Waals surface area contributed by atoms with Gasteiger partial charge in [0, 0.05) is 10.2 Å². The number of rotatable bonds is 2. The van der Waals surface area contributed by atoms with Crippen molar-refractivity contribution >= 4 is 48.3 Å². The Morgan fingerprint density at radius 3 is 2.61 bits per heavy atom. The average molecular weight is 323 g/mol. The van der Waals surface area contributed by atoms with Crippen LogP contribution in [0.5, 0.6) is 0 Å². The summed E-state index contributed by atoms with van der Waals surface area (Å²) in [5, 5.41) is 3.86. The summed E-state index contributed by atoms with van der Waals surface area (Å²) in [5.74, 6) is -0.285. The topological polar surface area (TPSA) is 24.9 Å². The van der Waals surface area contributed by atoms with E-state index in [1.54, 1.807) is 6.07 Å². The predicted octanol–water partition coefficient (Wildman–Crippen LogP) is 4.94. The van der Waals surface area contributed by atoms with Crippen LogP contribution >= 0.6 is 27.3 Å². The van der Waals surface area contributed by atoms with Gasteiger partial charge in [-0.25, -0.2) is 9.37 Å². The lowest BCUT2D eigenvalue weighted by Gasteiger charge is -2.01. The normalized spacial score (nSPS) is 10.8. The van der Waals surface area contributed by atoms with Gasteiger partial charge in [-0.1, -0.05) is 33.3 Å². The van der Waals surface area contributed by atoms with E-state index >= 15 is 0 Å². The van der Waals surface area contributed by atoms with Crippen LogP contribution in [-0.4, -0.2) is 4.98 Å². The molecule has 2 nitrogen and oxygen atoms in total. The molecule has 0 atom stereocenters. The number of hydrogen-bond acceptors (Lipinski definition) is 3. The number of thiazole rings is 1. The second-order valence-electron chi connectivity index (χ2n) is 3.74. The second kappa shape index (κ2) is 4.66. The first-order valence-corrected chi connectivity index (χ1v) is 6.91. The summed E-state index contributed by atoms with van der Waals surface area (Å²) in [6.07, 6.45) is 0. The molecule has 0 bridgehead atoms. The molecule has 90 valence electrons. The number of hydrogen-bond donors (Lipinski definition) is 1. The molecule has 0 fully saturated rings. The van der Waals surface area contributed by atoms with E-state index in [0.29, 0.717) is 10.6 Å². The number of halogens is 2. The fourth-order valence-electron chi connectivity index (χ4n) is 1.63. The highest BCUT2D eigenvalue weighted by Gasteiger charge is 2.07. The van der Waals surface area contributed by atoms with Crippen LogP contribution in [0.1, 0.15) is 0 Å². The molecule has 0 amide bonds. The van der Waals surface area contributed by atoms with E-state index in [1.165, 1.54) is 17.4 Å². The van der Waals surface area contributed by atoms with Gasteiger partial charge in [0.25, 0.3) is 0 Å². The zero-order chi connectivity index (χ0) is 12.5. The van der Waals surface area contributed by atoms with Crippen molar-refractivity contribution in [3.05, 3.63) is 52.8 Å². The Labute approximate surface area is 116 Å². The molecule has 0 radical (unpaired) electrons. The first-order chi connectivity index (χ1) is 8.72. The van der Waals surface area contributed by atoms with Gasteiger partial charge < -0.3 is 5.32 Å². The molecule has 1 N–H and O–H groups in total. The number of anilines is 2. The molecular formula is C13H8BrFN2S. The molecule has 0 saturated carbocycles. The average Bonchev–Trinajstić information content (AvgIpc) is 2.76. The number of aromatic nitrogens is 1. The number of benzene rings is 2. The van der Waals surface area contributed by atoms with Gasteiger partial charge in [-0.05, 0) is 36.4 Å². The molecule has 0 aliphatic rings. The summed E-state index contributed by atoms with van der Waals surface area (Å²) in [5.41, 5.74) is 1.35. The Morgan fingerprint density at radius 1 is 1.11 bits per heavy atom. The van der Waals surface area contributed by atoms with Crippen molar-refractivity contribution in [3.63, 3.8) is 0 Å². The molecule has 3 rings (SSSR count). The quantitative estimate of drug-likeness (QED) is 0.722. The molecule has 1 aromatic heterocycles. The van der Waals surface area contributed by atoms with Crippen LogP contribution < -0.4 is 5.32 Å². The summed E-state index contributed by atoms with van der Waals surface area (Å²) in [6, 6.07) is 12.7. The van der Waals surface area contributed by atoms with Crippen LogP contribution in [0.2, 0.25) is 0 Å². The largest absolute Gasteiger partial charge is 0.332 e. The number of para-hydroxylation sites is 1. The van der Waals surface area contributed by atoms with Crippen LogP contribution in [0.4, 0.5) is 15.2 Å². The van der Waals surface area contributed by atoms with Gasteiger partial charge in [0.05, 0.1) is 4.70 Å². The molecule has 2 aromatic carbocycles. The van der Waals surface area contributed by atoms with Crippen molar-refractivity contribution in [3.8, 4) is 0 Å². The van der Waals surface area contributed by atoms with Crippen LogP contribution in [0.3, 0.4) is 0 Å². The molecule has 0 unspecified atom stereocenters. The Morgan fingerprint density at radius 2 is 1.89 bits per heavy atom. The smallest absolute Gasteiger partial charge is 0.188 e.